The molecule has 0 atom stereocenters. The molecule has 29 heavy (non-hydrogen) atoms. The van der Waals surface area contributed by atoms with E-state index in [1.54, 1.807) is 24.4 Å². The van der Waals surface area contributed by atoms with Crippen LogP contribution in [-0.4, -0.2) is 28.4 Å². The summed E-state index contributed by atoms with van der Waals surface area (Å²) in [5.74, 6) is -1.25. The molecule has 0 aliphatic heterocycles. The minimum atomic E-state index is -0.742. The third kappa shape index (κ3) is 2.97. The lowest BCUT2D eigenvalue weighted by Crippen LogP contribution is -2.32. The van der Waals surface area contributed by atoms with Crippen molar-refractivity contribution >= 4 is 56.1 Å². The predicted molar refractivity (Wildman–Crippen MR) is 113 cm³/mol. The number of hydrogen-bond donors (Lipinski definition) is 2. The largest absolute Gasteiger partial charge is 0.465 e. The number of pyridine rings is 1. The number of nitrogens with zero attached hydrogens (tertiary/aromatic N) is 1. The van der Waals surface area contributed by atoms with E-state index in [9.17, 15) is 19.2 Å². The highest BCUT2D eigenvalue weighted by Crippen LogP contribution is 2.27. The van der Waals surface area contributed by atoms with Crippen LogP contribution in [0.4, 0.5) is 5.69 Å². The van der Waals surface area contributed by atoms with Gasteiger partial charge in [-0.3, -0.25) is 14.4 Å². The van der Waals surface area contributed by atoms with Crippen LogP contribution in [0.5, 0.6) is 0 Å². The summed E-state index contributed by atoms with van der Waals surface area (Å²) >= 11 is 2.57. The van der Waals surface area contributed by atoms with Gasteiger partial charge in [-0.05, 0) is 36.9 Å². The average molecular weight is 429 g/mol. The van der Waals surface area contributed by atoms with Gasteiger partial charge in [0.2, 0.25) is 0 Å². The van der Waals surface area contributed by atoms with Gasteiger partial charge in [-0.15, -0.1) is 22.7 Å². The second-order valence-corrected chi connectivity index (χ2v) is 8.47. The number of carbonyl (C=O) groups is 2. The predicted octanol–water partition coefficient (Wildman–Crippen LogP) is 2.92. The molecule has 0 aliphatic carbocycles. The highest BCUT2D eigenvalue weighted by atomic mass is 32.1. The molecule has 0 spiro atoms. The Labute approximate surface area is 171 Å². The van der Waals surface area contributed by atoms with Crippen molar-refractivity contribution in [3.8, 4) is 0 Å². The number of nitrogens with one attached hydrogen (secondary N) is 2. The summed E-state index contributed by atoms with van der Waals surface area (Å²) in [6, 6.07) is 4.54. The van der Waals surface area contributed by atoms with E-state index in [-0.39, 0.29) is 16.9 Å². The molecule has 4 aromatic heterocycles. The van der Waals surface area contributed by atoms with E-state index < -0.39 is 23.0 Å². The lowest BCUT2D eigenvalue weighted by molar-refractivity contribution is 0.0602. The number of aryl methyl sites for hydroxylation is 2. The van der Waals surface area contributed by atoms with Gasteiger partial charge >= 0.3 is 5.97 Å². The Kier molecular flexibility index (Phi) is 4.59. The number of ether oxygens (including phenoxy) is 1. The standard InChI is InChI=1S/C19H15N3O5S2/c1-8-9(2)29-16-13(8)18(25)22-14(21-16)10(19(26)27-3)7-11(17(22)24)20-15(23)12-5-4-6-28-12/h4-7,21H,1-3H3,(H,20,23). The van der Waals surface area contributed by atoms with E-state index in [1.807, 2.05) is 6.92 Å². The molecule has 0 fully saturated rings. The van der Waals surface area contributed by atoms with E-state index in [1.165, 1.54) is 35.8 Å². The van der Waals surface area contributed by atoms with Crippen molar-refractivity contribution < 1.29 is 14.3 Å². The summed E-state index contributed by atoms with van der Waals surface area (Å²) in [5.41, 5.74) is -0.726. The maximum atomic E-state index is 13.2. The summed E-state index contributed by atoms with van der Waals surface area (Å²) in [4.78, 5) is 55.9. The fraction of sp³-hybridized carbons (Fsp3) is 0.158. The van der Waals surface area contributed by atoms with Gasteiger partial charge in [-0.2, -0.15) is 0 Å². The Balaban J connectivity index is 2.05. The number of aromatic nitrogens is 2. The second-order valence-electron chi connectivity index (χ2n) is 6.30. The molecule has 0 saturated carbocycles. The van der Waals surface area contributed by atoms with Crippen molar-refractivity contribution in [2.75, 3.05) is 12.4 Å². The number of carbonyl (C=O) groups excluding carboxylic acids is 2. The van der Waals surface area contributed by atoms with Crippen LogP contribution < -0.4 is 16.4 Å². The molecule has 0 bridgehead atoms. The van der Waals surface area contributed by atoms with Crippen molar-refractivity contribution in [3.63, 3.8) is 0 Å². The van der Waals surface area contributed by atoms with E-state index in [0.717, 1.165) is 14.8 Å². The van der Waals surface area contributed by atoms with Crippen molar-refractivity contribution in [3.05, 3.63) is 65.2 Å². The molecule has 4 aromatic rings. The van der Waals surface area contributed by atoms with E-state index in [4.69, 9.17) is 4.74 Å². The van der Waals surface area contributed by atoms with Crippen molar-refractivity contribution in [2.24, 2.45) is 0 Å². The van der Waals surface area contributed by atoms with E-state index in [0.29, 0.717) is 15.1 Å². The van der Waals surface area contributed by atoms with Crippen LogP contribution in [-0.2, 0) is 4.74 Å². The van der Waals surface area contributed by atoms with Gasteiger partial charge in [0.25, 0.3) is 17.0 Å². The maximum absolute atomic E-state index is 13.2. The van der Waals surface area contributed by atoms with Crippen LogP contribution >= 0.6 is 22.7 Å². The number of thiophene rings is 2. The van der Waals surface area contributed by atoms with Gasteiger partial charge < -0.3 is 15.0 Å². The Bertz CT molecular complexity index is 1410. The quantitative estimate of drug-likeness (QED) is 0.487. The van der Waals surface area contributed by atoms with Gasteiger partial charge in [-0.1, -0.05) is 6.07 Å². The van der Waals surface area contributed by atoms with Gasteiger partial charge in [0.15, 0.2) is 0 Å². The van der Waals surface area contributed by atoms with Gasteiger partial charge in [-0.25, -0.2) is 9.20 Å². The molecule has 0 saturated heterocycles. The zero-order valence-electron chi connectivity index (χ0n) is 15.6. The average Bonchev–Trinajstić information content (AvgIpc) is 3.32. The van der Waals surface area contributed by atoms with Crippen LogP contribution in [0.25, 0.3) is 15.9 Å². The van der Waals surface area contributed by atoms with Crippen molar-refractivity contribution in [1.29, 1.82) is 0 Å². The SMILES string of the molecule is COC(=O)c1cc(NC(=O)c2cccs2)c(=O)n2c(=O)c3c(C)c(C)sc3[nH]c12. The molecule has 10 heteroatoms. The summed E-state index contributed by atoms with van der Waals surface area (Å²) in [7, 11) is 1.20. The van der Waals surface area contributed by atoms with Crippen LogP contribution in [0, 0.1) is 13.8 Å². The molecule has 0 radical (unpaired) electrons. The van der Waals surface area contributed by atoms with E-state index in [2.05, 4.69) is 10.3 Å². The molecule has 0 aromatic carbocycles. The number of aromatic amines is 1. The first-order valence-corrected chi connectivity index (χ1v) is 10.2. The zero-order chi connectivity index (χ0) is 20.9. The maximum Gasteiger partial charge on any atom is 0.341 e. The van der Waals surface area contributed by atoms with Crippen LogP contribution in [0.3, 0.4) is 0 Å². The lowest BCUT2D eigenvalue weighted by Gasteiger charge is -2.10. The molecule has 1 amide bonds. The Morgan fingerprint density at radius 1 is 1.21 bits per heavy atom. The number of esters is 1. The Morgan fingerprint density at radius 3 is 2.62 bits per heavy atom. The van der Waals surface area contributed by atoms with Crippen LogP contribution in [0.15, 0.2) is 33.2 Å². The fourth-order valence-corrected chi connectivity index (χ4v) is 4.74. The first-order valence-electron chi connectivity index (χ1n) is 8.48. The van der Waals surface area contributed by atoms with Gasteiger partial charge in [0.05, 0.1) is 17.4 Å². The number of hydrogen-bond acceptors (Lipinski definition) is 7. The second kappa shape index (κ2) is 6.98. The molecule has 8 nitrogen and oxygen atoms in total. The van der Waals surface area contributed by atoms with E-state index >= 15 is 0 Å². The number of fused-ring (bicyclic) bond motifs is 2. The highest BCUT2D eigenvalue weighted by molar-refractivity contribution is 7.18. The third-order valence-corrected chi connectivity index (χ3v) is 6.62. The van der Waals surface area contributed by atoms with Crippen LogP contribution in [0.1, 0.15) is 30.5 Å². The normalized spacial score (nSPS) is 11.1. The topological polar surface area (TPSA) is 110 Å². The van der Waals surface area contributed by atoms with Crippen LogP contribution in [0.2, 0.25) is 0 Å². The third-order valence-electron chi connectivity index (χ3n) is 4.63. The minimum absolute atomic E-state index is 0.0229. The number of H-pyrrole nitrogens is 1. The molecule has 2 N–H and O–H groups in total. The summed E-state index contributed by atoms with van der Waals surface area (Å²) in [6.45, 7) is 3.67. The Morgan fingerprint density at radius 2 is 1.97 bits per heavy atom. The molecule has 0 unspecified atom stereocenters. The molecule has 4 heterocycles. The van der Waals surface area contributed by atoms with Crippen molar-refractivity contribution in [2.45, 2.75) is 13.8 Å². The monoisotopic (exact) mass is 429 g/mol. The lowest BCUT2D eigenvalue weighted by atomic mass is 10.2. The highest BCUT2D eigenvalue weighted by Gasteiger charge is 2.22. The molecule has 148 valence electrons. The number of rotatable bonds is 3. The molecular weight excluding hydrogens is 414 g/mol. The fourth-order valence-electron chi connectivity index (χ4n) is 3.07. The number of methoxy groups -OCH3 is 1. The molecule has 4 rings (SSSR count). The van der Waals surface area contributed by atoms with Gasteiger partial charge in [0.1, 0.15) is 21.7 Å². The first-order chi connectivity index (χ1) is 13.8. The first kappa shape index (κ1) is 19.1. The van der Waals surface area contributed by atoms with Gasteiger partial charge in [0, 0.05) is 4.88 Å². The summed E-state index contributed by atoms with van der Waals surface area (Å²) < 4.78 is 5.69. The smallest absolute Gasteiger partial charge is 0.341 e. The number of amides is 1. The number of anilines is 1. The summed E-state index contributed by atoms with van der Waals surface area (Å²) in [5, 5.41) is 4.60. The summed E-state index contributed by atoms with van der Waals surface area (Å²) in [6.07, 6.45) is 0. The minimum Gasteiger partial charge on any atom is -0.465 e. The zero-order valence-corrected chi connectivity index (χ0v) is 17.2. The molecule has 0 aliphatic rings. The Hall–Kier alpha value is -3.24. The molecular formula is C19H15N3O5S2. The van der Waals surface area contributed by atoms with Crippen molar-refractivity contribution in [1.82, 2.24) is 9.38 Å².